The van der Waals surface area contributed by atoms with Gasteiger partial charge < -0.3 is 54.3 Å². The van der Waals surface area contributed by atoms with Crippen molar-refractivity contribution >= 4 is 47.2 Å². The fraction of sp³-hybridized carbons (Fsp3) is 0.538. The molecule has 6 aromatic rings. The number of ether oxygens (including phenoxy) is 5. The number of rotatable bonds is 16. The molecule has 3 aliphatic heterocycles. The van der Waals surface area contributed by atoms with Gasteiger partial charge in [0.05, 0.1) is 47.6 Å². The van der Waals surface area contributed by atoms with Crippen LogP contribution in [0.3, 0.4) is 0 Å². The zero-order valence-corrected chi connectivity index (χ0v) is 72.7. The van der Waals surface area contributed by atoms with Gasteiger partial charge in [-0.05, 0) is 252 Å². The molecule has 6 fully saturated rings. The molecule has 12 rings (SSSR count). The van der Waals surface area contributed by atoms with Crippen molar-refractivity contribution in [3.05, 3.63) is 212 Å². The number of amides is 4. The second kappa shape index (κ2) is 42.4. The molecule has 4 amide bonds. The number of halogens is 19. The third-order valence-electron chi connectivity index (χ3n) is 21.7. The summed E-state index contributed by atoms with van der Waals surface area (Å²) in [5, 5.41) is 3.22. The average molecular weight is 1840 g/mol. The van der Waals surface area contributed by atoms with Crippen molar-refractivity contribution < 1.29 is 131 Å². The van der Waals surface area contributed by atoms with Gasteiger partial charge in [0.2, 0.25) is 0 Å². The zero-order chi connectivity index (χ0) is 94.5. The number of carbonyl (C=O) groups is 6. The van der Waals surface area contributed by atoms with E-state index < -0.39 is 130 Å². The fourth-order valence-corrected chi connectivity index (χ4v) is 15.8. The van der Waals surface area contributed by atoms with Crippen LogP contribution in [0.25, 0.3) is 0 Å². The molecule has 8 unspecified atom stereocenters. The molecule has 700 valence electrons. The largest absolute Gasteiger partial charge is 0.457 e. The average Bonchev–Trinajstić information content (AvgIpc) is 1.74. The predicted molar refractivity (Wildman–Crippen MR) is 436 cm³/mol. The van der Waals surface area contributed by atoms with E-state index in [1.807, 2.05) is 130 Å². The van der Waals surface area contributed by atoms with E-state index in [4.69, 9.17) is 24.7 Å². The maximum absolute atomic E-state index is 13.6. The molecule has 0 aromatic heterocycles. The number of methoxy groups -OCH3 is 2. The van der Waals surface area contributed by atoms with E-state index in [9.17, 15) is 108 Å². The van der Waals surface area contributed by atoms with Crippen molar-refractivity contribution in [3.63, 3.8) is 0 Å². The number of nitrogens with two attached hydrogens (primary N) is 1. The van der Waals surface area contributed by atoms with E-state index in [1.54, 1.807) is 25.7 Å². The lowest BCUT2D eigenvalue weighted by atomic mass is 9.85. The maximum atomic E-state index is 13.6. The van der Waals surface area contributed by atoms with Crippen molar-refractivity contribution in [3.8, 4) is 0 Å². The molecule has 0 bridgehead atoms. The number of hydrogen-bond donors (Lipinski definition) is 2. The molecule has 127 heavy (non-hydrogen) atoms. The van der Waals surface area contributed by atoms with Crippen molar-refractivity contribution in [2.75, 3.05) is 14.2 Å². The van der Waals surface area contributed by atoms with E-state index in [0.29, 0.717) is 75.1 Å². The summed E-state index contributed by atoms with van der Waals surface area (Å²) in [6.45, 7) is 15.3. The third-order valence-corrected chi connectivity index (χ3v) is 21.8. The Kier molecular flexibility index (Phi) is 34.3. The molecule has 0 spiro atoms. The molecular weight excluding hydrogens is 1730 g/mol. The van der Waals surface area contributed by atoms with Crippen LogP contribution < -0.4 is 11.1 Å². The third kappa shape index (κ3) is 32.3. The minimum absolute atomic E-state index is 0.00909. The summed E-state index contributed by atoms with van der Waals surface area (Å²) in [5.41, 5.74) is -3.49. The van der Waals surface area contributed by atoms with Gasteiger partial charge in [0.1, 0.15) is 22.6 Å². The Hall–Kier alpha value is -9.51. The monoisotopic (exact) mass is 1840 g/mol. The lowest BCUT2D eigenvalue weighted by Gasteiger charge is -2.48. The van der Waals surface area contributed by atoms with Crippen LogP contribution in [0.2, 0.25) is 0 Å². The summed E-state index contributed by atoms with van der Waals surface area (Å²) in [5.74, 6) is 1.14. The van der Waals surface area contributed by atoms with Gasteiger partial charge in [-0.3, -0.25) is 4.79 Å². The first-order valence-electron chi connectivity index (χ1n) is 41.3. The number of nitrogens with zero attached hydrogens (tertiary/aromatic N) is 4. The number of likely N-dealkylation sites (tertiary alicyclic amines) is 3. The highest BCUT2D eigenvalue weighted by molar-refractivity contribution is 6.61. The van der Waals surface area contributed by atoms with Gasteiger partial charge in [0, 0.05) is 92.4 Å². The number of carbonyl (C=O) groups excluding carboxylic acids is 6. The molecule has 3 aliphatic carbocycles. The molecule has 3 saturated heterocycles. The Labute approximate surface area is 731 Å². The summed E-state index contributed by atoms with van der Waals surface area (Å²) in [4.78, 5) is 81.2. The summed E-state index contributed by atoms with van der Waals surface area (Å²) in [6, 6.07) is 31.3. The van der Waals surface area contributed by atoms with Crippen molar-refractivity contribution in [2.24, 2.45) is 23.5 Å². The molecule has 17 nitrogen and oxygen atoms in total. The van der Waals surface area contributed by atoms with Crippen LogP contribution in [0, 0.1) is 17.8 Å². The molecule has 36 heteroatoms. The number of alkyl halides is 18. The smallest absolute Gasteiger partial charge is 0.416 e. The number of piperidine rings is 3. The first-order valence-corrected chi connectivity index (χ1v) is 41.7. The Bertz CT molecular complexity index is 4540. The Morgan fingerprint density at radius 2 is 0.709 bits per heavy atom. The van der Waals surface area contributed by atoms with E-state index in [1.165, 1.54) is 12.0 Å². The number of nitrogens with one attached hydrogen (secondary N) is 1. The topological polar surface area (TPSA) is 200 Å². The first kappa shape index (κ1) is 103. The SMILES string of the molecule is CC(C)(C)OC(=O)N1C(Cc2ccccc2)CC(=O)CC1C1CC1.CC(C)(C)OC(=O)N1C(Cc2ccccc2)CC(NCc2cc(C(F)(F)F)cc(C(F)(F)F)c2)CC1C1CC1.COC(=O)Cl.COC(=O)N(Cc1cc(C(F)(F)F)cc(C(F)(F)F)c1)C1CC(Cc2ccccc2)N(C(=O)OC(C)(C)C)C(C2CC2)C1.NCc1cc(C(F)(F)F)cc(C(F)(F)F)c1. The van der Waals surface area contributed by atoms with Crippen molar-refractivity contribution in [1.29, 1.82) is 0 Å². The second-order valence-electron chi connectivity index (χ2n) is 35.5. The lowest BCUT2D eigenvalue weighted by molar-refractivity contribution is -0.144. The standard InChI is InChI=1S/C31H36F6N2O4.C29H34F6N2O2.C20H27NO3.C9H7F6N.C2H3ClO2/c1-29(2,3)43-28(41)39-25(14-19-8-6-5-7-9-19)16-24(17-26(39)21-10-11-21)38(27(40)42-4)18-20-12-22(30(32,33)34)15-23(13-20)31(35,36)37;1-27(2,3)39-26(38)37-24(13-18-7-5-4-6-8-18)15-23(16-25(37)20-9-10-20)36-17-19-11-21(28(30,31)32)14-22(12-19)29(33,34)35;1-20(2,3)24-19(23)21-16(11-14-7-5-4-6-8-14)12-17(22)13-18(21)15-9-10-15;10-8(11,12)6-1-5(4-16)2-7(3-6)9(13,14)15;1-5-2(3)4/h5-9,12-13,15,21,24-26H,10-11,14,16-18H2,1-4H3;4-8,11-12,14,20,23-25,36H,9-10,13,15-17H2,1-3H3;4-8,15-16,18H,9-13H2,1-3H3;1-3H,4,16H2;1H3. The summed E-state index contributed by atoms with van der Waals surface area (Å²) in [6.07, 6.45) is -21.6. The molecular formula is C91H107ClF18N6O11. The number of ketones is 1. The summed E-state index contributed by atoms with van der Waals surface area (Å²) >= 11 is 4.60. The van der Waals surface area contributed by atoms with Crippen LogP contribution in [0.4, 0.5) is 103 Å². The zero-order valence-electron chi connectivity index (χ0n) is 72.0. The van der Waals surface area contributed by atoms with Crippen molar-refractivity contribution in [2.45, 2.75) is 280 Å². The van der Waals surface area contributed by atoms with E-state index >= 15 is 0 Å². The first-order chi connectivity index (χ1) is 58.8. The highest BCUT2D eigenvalue weighted by atomic mass is 35.5. The minimum Gasteiger partial charge on any atom is -0.457 e. The van der Waals surface area contributed by atoms with Crippen LogP contribution >= 0.6 is 11.6 Å². The minimum atomic E-state index is -5.03. The summed E-state index contributed by atoms with van der Waals surface area (Å²) in [7, 11) is 2.33. The Morgan fingerprint density at radius 1 is 0.402 bits per heavy atom. The highest BCUT2D eigenvalue weighted by Gasteiger charge is 2.52. The molecule has 0 radical (unpaired) electrons. The molecule has 8 atom stereocenters. The molecule has 3 heterocycles. The van der Waals surface area contributed by atoms with E-state index in [-0.39, 0.29) is 121 Å². The second-order valence-corrected chi connectivity index (χ2v) is 35.8. The predicted octanol–water partition coefficient (Wildman–Crippen LogP) is 23.8. The Balaban J connectivity index is 0.000000217. The number of benzene rings is 6. The highest BCUT2D eigenvalue weighted by Crippen LogP contribution is 2.48. The normalized spacial score (nSPS) is 20.7. The van der Waals surface area contributed by atoms with Gasteiger partial charge in [-0.15, -0.1) is 0 Å². The van der Waals surface area contributed by atoms with Crippen LogP contribution in [-0.2, 0) is 104 Å². The lowest BCUT2D eigenvalue weighted by Crippen LogP contribution is -2.59. The van der Waals surface area contributed by atoms with Gasteiger partial charge in [-0.1, -0.05) is 91.0 Å². The van der Waals surface area contributed by atoms with Crippen LogP contribution in [0.1, 0.15) is 206 Å². The van der Waals surface area contributed by atoms with E-state index in [2.05, 4.69) is 33.8 Å². The fourth-order valence-electron chi connectivity index (χ4n) is 15.8. The number of hydrogen-bond acceptors (Lipinski definition) is 13. The van der Waals surface area contributed by atoms with Crippen LogP contribution in [-0.4, -0.2) is 135 Å². The van der Waals surface area contributed by atoms with Crippen LogP contribution in [0.5, 0.6) is 0 Å². The van der Waals surface area contributed by atoms with Gasteiger partial charge in [-0.2, -0.15) is 79.0 Å². The molecule has 6 aliphatic rings. The van der Waals surface area contributed by atoms with Gasteiger partial charge in [0.15, 0.2) is 0 Å². The number of Topliss-reactive ketones (excluding diaryl/α,β-unsaturated/α-hetero) is 1. The van der Waals surface area contributed by atoms with Gasteiger partial charge in [0.25, 0.3) is 0 Å². The van der Waals surface area contributed by atoms with Crippen molar-refractivity contribution in [1.82, 2.24) is 24.9 Å². The molecule has 6 aromatic carbocycles. The van der Waals surface area contributed by atoms with E-state index in [0.717, 1.165) is 74.5 Å². The van der Waals surface area contributed by atoms with Gasteiger partial charge in [-0.25, -0.2) is 24.0 Å². The quantitative estimate of drug-likeness (QED) is 0.0527. The Morgan fingerprint density at radius 3 is 1.02 bits per heavy atom. The van der Waals surface area contributed by atoms with Gasteiger partial charge >= 0.3 is 66.9 Å². The maximum Gasteiger partial charge on any atom is 0.416 e. The van der Waals surface area contributed by atoms with Crippen LogP contribution in [0.15, 0.2) is 146 Å². The summed E-state index contributed by atoms with van der Waals surface area (Å²) < 4.78 is 261. The molecule has 3 saturated carbocycles. The molecule has 3 N–H and O–H groups in total.